The van der Waals surface area contributed by atoms with Gasteiger partial charge in [-0.15, -0.1) is 0 Å². The number of nitrogens with zero attached hydrogens (tertiary/aromatic N) is 2. The summed E-state index contributed by atoms with van der Waals surface area (Å²) in [6.45, 7) is 1.34. The highest BCUT2D eigenvalue weighted by Gasteiger charge is 2.30. The van der Waals surface area contributed by atoms with Gasteiger partial charge in [0, 0.05) is 36.9 Å². The van der Waals surface area contributed by atoms with Gasteiger partial charge < -0.3 is 5.73 Å². The van der Waals surface area contributed by atoms with Crippen molar-refractivity contribution >= 4 is 21.6 Å². The first-order valence-corrected chi connectivity index (χ1v) is 9.86. The average Bonchev–Trinajstić information content (AvgIpc) is 2.45. The van der Waals surface area contributed by atoms with Gasteiger partial charge in [-0.1, -0.05) is 0 Å². The molecule has 1 aromatic rings. The summed E-state index contributed by atoms with van der Waals surface area (Å²) in [6.07, 6.45) is 3.01. The van der Waals surface area contributed by atoms with E-state index in [1.807, 2.05) is 4.90 Å². The van der Waals surface area contributed by atoms with Crippen molar-refractivity contribution in [2.45, 2.75) is 17.8 Å². The number of hydrogen-bond acceptors (Lipinski definition) is 6. The van der Waals surface area contributed by atoms with Crippen molar-refractivity contribution < 1.29 is 12.8 Å². The highest BCUT2D eigenvalue weighted by Crippen LogP contribution is 2.22. The molecule has 0 aromatic carbocycles. The van der Waals surface area contributed by atoms with Gasteiger partial charge in [-0.3, -0.25) is 9.88 Å². The number of nitrogens with two attached hydrogens (primary N) is 1. The third kappa shape index (κ3) is 4.64. The smallest absolute Gasteiger partial charge is 0.164 e. The monoisotopic (exact) mass is 333 g/mol. The van der Waals surface area contributed by atoms with Crippen LogP contribution in [0.15, 0.2) is 18.3 Å². The highest BCUT2D eigenvalue weighted by molar-refractivity contribution is 8.00. The molecule has 1 aromatic heterocycles. The van der Waals surface area contributed by atoms with Crippen LogP contribution in [0, 0.1) is 5.82 Å². The number of pyridine rings is 1. The van der Waals surface area contributed by atoms with Gasteiger partial charge in [0.05, 0.1) is 11.9 Å². The van der Waals surface area contributed by atoms with Gasteiger partial charge in [-0.05, 0) is 18.6 Å². The molecule has 0 bridgehead atoms. The predicted octanol–water partition coefficient (Wildman–Crippen LogP) is 1.03. The van der Waals surface area contributed by atoms with Crippen LogP contribution < -0.4 is 5.73 Å². The minimum absolute atomic E-state index is 0.319. The first kappa shape index (κ1) is 16.7. The quantitative estimate of drug-likeness (QED) is 0.867. The first-order chi connectivity index (χ1) is 9.88. The van der Waals surface area contributed by atoms with Crippen LogP contribution in [0.25, 0.3) is 0 Å². The average molecular weight is 333 g/mol. The Labute approximate surface area is 129 Å². The third-order valence-electron chi connectivity index (χ3n) is 3.54. The van der Waals surface area contributed by atoms with Crippen molar-refractivity contribution in [2.75, 3.05) is 30.9 Å². The summed E-state index contributed by atoms with van der Waals surface area (Å²) in [5.74, 6) is 1.13. The lowest BCUT2D eigenvalue weighted by Gasteiger charge is -2.34. The minimum Gasteiger partial charge on any atom is -0.323 e. The number of rotatable bonds is 5. The lowest BCUT2D eigenvalue weighted by Crippen LogP contribution is -2.47. The lowest BCUT2D eigenvalue weighted by atomic mass is 10.1. The Kier molecular flexibility index (Phi) is 5.59. The number of thioether (sulfide) groups is 1. The van der Waals surface area contributed by atoms with E-state index in [0.29, 0.717) is 24.4 Å². The molecule has 5 nitrogen and oxygen atoms in total. The second kappa shape index (κ2) is 7.04. The zero-order chi connectivity index (χ0) is 15.5. The molecule has 0 aliphatic carbocycles. The lowest BCUT2D eigenvalue weighted by molar-refractivity contribution is 0.259. The van der Waals surface area contributed by atoms with E-state index in [9.17, 15) is 12.8 Å². The molecule has 1 aliphatic heterocycles. The molecule has 8 heteroatoms. The molecule has 1 fully saturated rings. The molecule has 0 amide bonds. The van der Waals surface area contributed by atoms with Gasteiger partial charge in [-0.2, -0.15) is 11.8 Å². The molecular formula is C13H20FN3O2S2. The summed E-state index contributed by atoms with van der Waals surface area (Å²) in [5, 5.41) is -0.440. The van der Waals surface area contributed by atoms with Crippen LogP contribution in [0.3, 0.4) is 0 Å². The molecule has 2 unspecified atom stereocenters. The maximum absolute atomic E-state index is 12.8. The van der Waals surface area contributed by atoms with E-state index in [2.05, 4.69) is 4.98 Å². The number of aromatic nitrogens is 1. The highest BCUT2D eigenvalue weighted by atomic mass is 32.2. The SMILES string of the molecule is CS(=O)(=O)C1CSCCN1CCC(N)c1ccc(F)cn1. The van der Waals surface area contributed by atoms with Crippen LogP contribution in [0.2, 0.25) is 0 Å². The van der Waals surface area contributed by atoms with Crippen molar-refractivity contribution in [1.29, 1.82) is 0 Å². The van der Waals surface area contributed by atoms with Crippen LogP contribution in [0.1, 0.15) is 18.2 Å². The zero-order valence-electron chi connectivity index (χ0n) is 11.9. The van der Waals surface area contributed by atoms with E-state index in [4.69, 9.17) is 5.73 Å². The van der Waals surface area contributed by atoms with E-state index >= 15 is 0 Å². The molecule has 0 spiro atoms. The molecule has 1 aliphatic rings. The van der Waals surface area contributed by atoms with Crippen LogP contribution >= 0.6 is 11.8 Å². The van der Waals surface area contributed by atoms with Crippen molar-refractivity contribution in [3.8, 4) is 0 Å². The standard InChI is InChI=1S/C13H20FN3O2S2/c1-21(18,19)13-9-20-7-6-17(13)5-4-11(15)12-3-2-10(14)8-16-12/h2-3,8,11,13H,4-7,9,15H2,1H3. The van der Waals surface area contributed by atoms with Crippen molar-refractivity contribution in [1.82, 2.24) is 9.88 Å². The summed E-state index contributed by atoms with van der Waals surface area (Å²) in [6, 6.07) is 2.58. The molecular weight excluding hydrogens is 313 g/mol. The Balaban J connectivity index is 1.96. The molecule has 118 valence electrons. The number of sulfone groups is 1. The van der Waals surface area contributed by atoms with Gasteiger partial charge >= 0.3 is 0 Å². The molecule has 2 N–H and O–H groups in total. The third-order valence-corrected chi connectivity index (χ3v) is 6.23. The topological polar surface area (TPSA) is 76.3 Å². The van der Waals surface area contributed by atoms with E-state index in [1.54, 1.807) is 17.8 Å². The zero-order valence-corrected chi connectivity index (χ0v) is 13.5. The number of halogens is 1. The molecule has 21 heavy (non-hydrogen) atoms. The van der Waals surface area contributed by atoms with Gasteiger partial charge in [0.2, 0.25) is 0 Å². The van der Waals surface area contributed by atoms with Crippen LogP contribution in [0.5, 0.6) is 0 Å². The molecule has 0 radical (unpaired) electrons. The van der Waals surface area contributed by atoms with E-state index in [1.165, 1.54) is 12.3 Å². The second-order valence-corrected chi connectivity index (χ2v) is 8.54. The van der Waals surface area contributed by atoms with Gasteiger partial charge in [0.1, 0.15) is 11.2 Å². The van der Waals surface area contributed by atoms with Gasteiger partial charge in [-0.25, -0.2) is 12.8 Å². The first-order valence-electron chi connectivity index (χ1n) is 6.75. The van der Waals surface area contributed by atoms with E-state index < -0.39 is 21.0 Å². The Hall–Kier alpha value is -0.700. The van der Waals surface area contributed by atoms with Crippen molar-refractivity contribution in [3.63, 3.8) is 0 Å². The maximum Gasteiger partial charge on any atom is 0.164 e. The Bertz CT molecular complexity index is 565. The van der Waals surface area contributed by atoms with Crippen molar-refractivity contribution in [3.05, 3.63) is 29.8 Å². The number of hydrogen-bond donors (Lipinski definition) is 1. The summed E-state index contributed by atoms with van der Waals surface area (Å²) in [5.41, 5.74) is 6.67. The van der Waals surface area contributed by atoms with Crippen LogP contribution in [-0.4, -0.2) is 54.5 Å². The molecule has 2 rings (SSSR count). The van der Waals surface area contributed by atoms with Gasteiger partial charge in [0.15, 0.2) is 9.84 Å². The Morgan fingerprint density at radius 2 is 2.33 bits per heavy atom. The van der Waals surface area contributed by atoms with Crippen LogP contribution in [-0.2, 0) is 9.84 Å². The van der Waals surface area contributed by atoms with E-state index in [0.717, 1.165) is 18.5 Å². The van der Waals surface area contributed by atoms with Crippen molar-refractivity contribution in [2.24, 2.45) is 5.73 Å². The molecule has 2 heterocycles. The fourth-order valence-electron chi connectivity index (χ4n) is 2.32. The second-order valence-electron chi connectivity index (χ2n) is 5.19. The molecule has 2 atom stereocenters. The fraction of sp³-hybridized carbons (Fsp3) is 0.615. The van der Waals surface area contributed by atoms with E-state index in [-0.39, 0.29) is 6.04 Å². The Morgan fingerprint density at radius 1 is 1.57 bits per heavy atom. The maximum atomic E-state index is 12.8. The Morgan fingerprint density at radius 3 is 2.95 bits per heavy atom. The summed E-state index contributed by atoms with van der Waals surface area (Å²) < 4.78 is 36.4. The normalized spacial score (nSPS) is 22.1. The summed E-state index contributed by atoms with van der Waals surface area (Å²) in [4.78, 5) is 5.94. The fourth-order valence-corrected chi connectivity index (χ4v) is 5.30. The minimum atomic E-state index is -3.09. The van der Waals surface area contributed by atoms with Gasteiger partial charge in [0.25, 0.3) is 0 Å². The molecule has 1 saturated heterocycles. The van der Waals surface area contributed by atoms with Crippen LogP contribution in [0.4, 0.5) is 4.39 Å². The summed E-state index contributed by atoms with van der Waals surface area (Å²) >= 11 is 1.66. The largest absolute Gasteiger partial charge is 0.323 e. The summed E-state index contributed by atoms with van der Waals surface area (Å²) in [7, 11) is -3.09. The molecule has 0 saturated carbocycles. The predicted molar refractivity (Wildman–Crippen MR) is 83.3 cm³/mol.